The predicted molar refractivity (Wildman–Crippen MR) is 68.4 cm³/mol. The maximum atomic E-state index is 11.7. The van der Waals surface area contributed by atoms with Crippen LogP contribution in [0.15, 0.2) is 5.16 Å². The Balaban J connectivity index is 2.75. The molecule has 1 fully saturated rings. The molecule has 1 aliphatic carbocycles. The summed E-state index contributed by atoms with van der Waals surface area (Å²) in [5.74, 6) is 0.504. The maximum Gasteiger partial charge on any atom is 0.246 e. The van der Waals surface area contributed by atoms with Gasteiger partial charge in [0.1, 0.15) is 12.1 Å². The molecule has 0 aromatic heterocycles. The molecule has 0 aliphatic heterocycles. The van der Waals surface area contributed by atoms with E-state index >= 15 is 0 Å². The number of methoxy groups -OCH3 is 1. The van der Waals surface area contributed by atoms with Gasteiger partial charge in [-0.15, -0.1) is 0 Å². The summed E-state index contributed by atoms with van der Waals surface area (Å²) >= 11 is 0. The van der Waals surface area contributed by atoms with Crippen molar-refractivity contribution in [2.24, 2.45) is 16.8 Å². The number of nitrogens with zero attached hydrogens (tertiary/aromatic N) is 1. The van der Waals surface area contributed by atoms with Crippen molar-refractivity contribution in [2.45, 2.75) is 44.6 Å². The second-order valence-electron chi connectivity index (χ2n) is 4.90. The van der Waals surface area contributed by atoms with E-state index in [4.69, 9.17) is 15.7 Å². The van der Waals surface area contributed by atoms with Gasteiger partial charge in [-0.05, 0) is 31.6 Å². The van der Waals surface area contributed by atoms with Gasteiger partial charge in [-0.25, -0.2) is 0 Å². The number of amides is 1. The molecule has 0 atom stereocenters. The van der Waals surface area contributed by atoms with E-state index in [9.17, 15) is 4.79 Å². The van der Waals surface area contributed by atoms with Crippen molar-refractivity contribution in [1.82, 2.24) is 5.32 Å². The van der Waals surface area contributed by atoms with Gasteiger partial charge < -0.3 is 21.0 Å². The molecule has 0 saturated heterocycles. The molecule has 0 spiro atoms. The summed E-state index contributed by atoms with van der Waals surface area (Å²) in [6.45, 7) is 2.14. The Kier molecular flexibility index (Phi) is 5.40. The summed E-state index contributed by atoms with van der Waals surface area (Å²) in [5.41, 5.74) is 5.05. The Labute approximate surface area is 108 Å². The highest BCUT2D eigenvalue weighted by Crippen LogP contribution is 2.33. The quantitative estimate of drug-likeness (QED) is 0.294. The average molecular weight is 257 g/mol. The van der Waals surface area contributed by atoms with Gasteiger partial charge in [0.15, 0.2) is 5.84 Å². The van der Waals surface area contributed by atoms with Crippen molar-refractivity contribution in [3.05, 3.63) is 0 Å². The molecule has 1 rings (SSSR count). The van der Waals surface area contributed by atoms with E-state index in [1.54, 1.807) is 0 Å². The van der Waals surface area contributed by atoms with Crippen molar-refractivity contribution in [2.75, 3.05) is 13.7 Å². The first-order chi connectivity index (χ1) is 8.57. The van der Waals surface area contributed by atoms with Crippen molar-refractivity contribution in [1.29, 1.82) is 0 Å². The van der Waals surface area contributed by atoms with Crippen LogP contribution >= 0.6 is 0 Å². The van der Waals surface area contributed by atoms with Gasteiger partial charge in [0.05, 0.1) is 0 Å². The number of carbonyl (C=O) groups is 1. The minimum Gasteiger partial charge on any atom is -0.409 e. The zero-order valence-corrected chi connectivity index (χ0v) is 11.1. The molecule has 0 aromatic carbocycles. The number of nitrogens with one attached hydrogen (secondary N) is 1. The van der Waals surface area contributed by atoms with Gasteiger partial charge in [0.25, 0.3) is 0 Å². The lowest BCUT2D eigenvalue weighted by atomic mass is 9.75. The number of ether oxygens (including phenoxy) is 1. The van der Waals surface area contributed by atoms with Gasteiger partial charge in [-0.2, -0.15) is 0 Å². The third-order valence-electron chi connectivity index (χ3n) is 3.79. The second-order valence-corrected chi connectivity index (χ2v) is 4.90. The van der Waals surface area contributed by atoms with Crippen LogP contribution in [0.2, 0.25) is 0 Å². The molecule has 18 heavy (non-hydrogen) atoms. The Morgan fingerprint density at radius 3 is 2.61 bits per heavy atom. The predicted octanol–water partition coefficient (Wildman–Crippen LogP) is 0.834. The lowest BCUT2D eigenvalue weighted by Gasteiger charge is -2.39. The van der Waals surface area contributed by atoms with E-state index in [0.29, 0.717) is 18.8 Å². The molecule has 1 aliphatic rings. The fourth-order valence-electron chi connectivity index (χ4n) is 2.55. The van der Waals surface area contributed by atoms with E-state index in [1.165, 1.54) is 7.11 Å². The van der Waals surface area contributed by atoms with E-state index in [-0.39, 0.29) is 18.3 Å². The minimum atomic E-state index is -0.712. The van der Waals surface area contributed by atoms with Crippen LogP contribution in [0, 0.1) is 5.92 Å². The molecule has 0 radical (unpaired) electrons. The van der Waals surface area contributed by atoms with Crippen LogP contribution in [0.1, 0.15) is 39.0 Å². The number of rotatable bonds is 5. The summed E-state index contributed by atoms with van der Waals surface area (Å²) in [5, 5.41) is 14.8. The number of hydrogen-bond acceptors (Lipinski definition) is 4. The first kappa shape index (κ1) is 14.8. The first-order valence-corrected chi connectivity index (χ1v) is 6.36. The van der Waals surface area contributed by atoms with Crippen LogP contribution in [0.3, 0.4) is 0 Å². The molecule has 6 heteroatoms. The zero-order valence-electron chi connectivity index (χ0n) is 11.1. The lowest BCUT2D eigenvalue weighted by molar-refractivity contribution is -0.126. The maximum absolute atomic E-state index is 11.7. The lowest BCUT2D eigenvalue weighted by Crippen LogP contribution is -2.59. The van der Waals surface area contributed by atoms with Crippen molar-refractivity contribution in [3.8, 4) is 0 Å². The number of carbonyl (C=O) groups excluding carboxylic acids is 1. The molecule has 0 bridgehead atoms. The van der Waals surface area contributed by atoms with E-state index in [2.05, 4.69) is 17.4 Å². The second kappa shape index (κ2) is 6.58. The number of oxime groups is 1. The monoisotopic (exact) mass is 257 g/mol. The summed E-state index contributed by atoms with van der Waals surface area (Å²) in [4.78, 5) is 11.7. The van der Waals surface area contributed by atoms with Gasteiger partial charge in [0.2, 0.25) is 5.91 Å². The van der Waals surface area contributed by atoms with Gasteiger partial charge in [-0.1, -0.05) is 18.5 Å². The van der Waals surface area contributed by atoms with Crippen LogP contribution in [-0.4, -0.2) is 36.2 Å². The zero-order chi connectivity index (χ0) is 13.6. The number of hydrogen-bond donors (Lipinski definition) is 3. The Morgan fingerprint density at radius 1 is 1.56 bits per heavy atom. The molecular formula is C12H23N3O3. The normalized spacial score (nSPS) is 29.0. The summed E-state index contributed by atoms with van der Waals surface area (Å²) in [6.07, 6.45) is 4.48. The van der Waals surface area contributed by atoms with Gasteiger partial charge in [-0.3, -0.25) is 4.79 Å². The fraction of sp³-hybridized carbons (Fsp3) is 0.833. The van der Waals surface area contributed by atoms with Crippen molar-refractivity contribution in [3.63, 3.8) is 0 Å². The van der Waals surface area contributed by atoms with Crippen LogP contribution < -0.4 is 11.1 Å². The van der Waals surface area contributed by atoms with Crippen molar-refractivity contribution >= 4 is 11.7 Å². The molecule has 4 N–H and O–H groups in total. The Bertz CT molecular complexity index is 310. The van der Waals surface area contributed by atoms with E-state index < -0.39 is 5.54 Å². The van der Waals surface area contributed by atoms with E-state index in [0.717, 1.165) is 19.3 Å². The molecule has 0 heterocycles. The molecule has 104 valence electrons. The average Bonchev–Trinajstić information content (AvgIpc) is 2.38. The first-order valence-electron chi connectivity index (χ1n) is 6.36. The summed E-state index contributed by atoms with van der Waals surface area (Å²) in [7, 11) is 1.46. The standard InChI is InChI=1S/C12H23N3O3/c1-3-9-4-6-12(7-5-9,11(13)15-17)14-10(16)8-18-2/h9,17H,3-8H2,1-2H3,(H2,13,15)(H,14,16). The molecule has 6 nitrogen and oxygen atoms in total. The molecule has 1 amide bonds. The molecule has 0 unspecified atom stereocenters. The Hall–Kier alpha value is -1.30. The smallest absolute Gasteiger partial charge is 0.246 e. The van der Waals surface area contributed by atoms with Gasteiger partial charge >= 0.3 is 0 Å². The fourth-order valence-corrected chi connectivity index (χ4v) is 2.55. The van der Waals surface area contributed by atoms with Crippen LogP contribution in [-0.2, 0) is 9.53 Å². The highest BCUT2D eigenvalue weighted by molar-refractivity contribution is 5.94. The van der Waals surface area contributed by atoms with Gasteiger partial charge in [0, 0.05) is 7.11 Å². The summed E-state index contributed by atoms with van der Waals surface area (Å²) in [6, 6.07) is 0. The topological polar surface area (TPSA) is 96.9 Å². The van der Waals surface area contributed by atoms with Crippen LogP contribution in [0.25, 0.3) is 0 Å². The largest absolute Gasteiger partial charge is 0.409 e. The molecule has 1 saturated carbocycles. The Morgan fingerprint density at radius 2 is 2.17 bits per heavy atom. The highest BCUT2D eigenvalue weighted by atomic mass is 16.5. The molecule has 0 aromatic rings. The summed E-state index contributed by atoms with van der Waals surface area (Å²) < 4.78 is 4.79. The third kappa shape index (κ3) is 3.35. The number of nitrogens with two attached hydrogens (primary N) is 1. The number of amidine groups is 1. The van der Waals surface area contributed by atoms with E-state index in [1.807, 2.05) is 0 Å². The molecular weight excluding hydrogens is 234 g/mol. The SMILES string of the molecule is CCC1CCC(NC(=O)COC)(C(N)=NO)CC1. The highest BCUT2D eigenvalue weighted by Gasteiger charge is 2.40. The van der Waals surface area contributed by atoms with Crippen molar-refractivity contribution < 1.29 is 14.7 Å². The van der Waals surface area contributed by atoms with Crippen LogP contribution in [0.5, 0.6) is 0 Å². The minimum absolute atomic E-state index is 0.0162. The van der Waals surface area contributed by atoms with Crippen LogP contribution in [0.4, 0.5) is 0 Å². The third-order valence-corrected chi connectivity index (χ3v) is 3.79.